The van der Waals surface area contributed by atoms with E-state index in [1.165, 1.54) is 0 Å². The molecule has 0 fully saturated rings. The van der Waals surface area contributed by atoms with E-state index in [1.807, 2.05) is 25.1 Å². The molecule has 2 aliphatic heterocycles. The van der Waals surface area contributed by atoms with Crippen LogP contribution < -0.4 is 10.9 Å². The molecule has 13 nitrogen and oxygen atoms in total. The summed E-state index contributed by atoms with van der Waals surface area (Å²) in [5.41, 5.74) is 1.17. The molecule has 2 aliphatic rings. The fourth-order valence-electron chi connectivity index (χ4n) is 6.85. The van der Waals surface area contributed by atoms with Crippen molar-refractivity contribution in [1.82, 2.24) is 19.8 Å². The van der Waals surface area contributed by atoms with Crippen molar-refractivity contribution in [2.45, 2.75) is 109 Å². The normalized spacial score (nSPS) is 16.8. The summed E-state index contributed by atoms with van der Waals surface area (Å²) in [5.74, 6) is -3.31. The second-order valence-corrected chi connectivity index (χ2v) is 13.4. The number of nitrogens with one attached hydrogen (secondary N) is 1. The molecule has 0 aliphatic carbocycles. The number of hydrogen-bond acceptors (Lipinski definition) is 10. The number of pyridine rings is 2. The van der Waals surface area contributed by atoms with E-state index in [9.17, 15) is 34.2 Å². The van der Waals surface area contributed by atoms with Crippen molar-refractivity contribution in [3.8, 4) is 17.1 Å². The number of aromatic hydroxyl groups is 1. The fraction of sp³-hybridized carbons (Fsp3) is 0.514. The predicted octanol–water partition coefficient (Wildman–Crippen LogP) is 4.50. The summed E-state index contributed by atoms with van der Waals surface area (Å²) in [6.07, 6.45) is 5.35. The Morgan fingerprint density at radius 1 is 1.08 bits per heavy atom. The lowest BCUT2D eigenvalue weighted by Gasteiger charge is -2.35. The van der Waals surface area contributed by atoms with E-state index in [-0.39, 0.29) is 49.3 Å². The third kappa shape index (κ3) is 7.37. The smallest absolute Gasteiger partial charge is 0.355 e. The fourth-order valence-corrected chi connectivity index (χ4v) is 6.85. The molecule has 0 bridgehead atoms. The van der Waals surface area contributed by atoms with Gasteiger partial charge in [0.15, 0.2) is 0 Å². The number of cyclic esters (lactones) is 1. The second-order valence-electron chi connectivity index (χ2n) is 13.4. The summed E-state index contributed by atoms with van der Waals surface area (Å²) in [6.45, 7) is 4.16. The van der Waals surface area contributed by atoms with Gasteiger partial charge in [-0.15, -0.1) is 0 Å². The van der Waals surface area contributed by atoms with Crippen LogP contribution in [0.1, 0.15) is 100 Å². The van der Waals surface area contributed by atoms with Crippen LogP contribution in [0.5, 0.6) is 5.75 Å². The molecule has 4 heterocycles. The van der Waals surface area contributed by atoms with Crippen LogP contribution in [-0.4, -0.2) is 68.6 Å². The first-order valence-corrected chi connectivity index (χ1v) is 17.4. The van der Waals surface area contributed by atoms with Crippen LogP contribution in [0.3, 0.4) is 0 Å². The Morgan fingerprint density at radius 3 is 2.52 bits per heavy atom. The number of phenolic OH excluding ortho intramolecular Hbond substituents is 1. The largest absolute Gasteiger partial charge is 0.508 e. The summed E-state index contributed by atoms with van der Waals surface area (Å²) < 4.78 is 12.8. The molecule has 1 aromatic carbocycles. The number of unbranched alkanes of at least 4 members (excludes halogenated alkanes) is 5. The lowest BCUT2D eigenvalue weighted by Crippen LogP contribution is -2.47. The van der Waals surface area contributed by atoms with Crippen molar-refractivity contribution in [2.75, 3.05) is 14.1 Å². The zero-order valence-corrected chi connectivity index (χ0v) is 29.2. The predicted molar refractivity (Wildman–Crippen MR) is 184 cm³/mol. The number of carboxylic acids is 1. The molecule has 0 spiro atoms. The van der Waals surface area contributed by atoms with E-state index >= 15 is 0 Å². The van der Waals surface area contributed by atoms with E-state index in [1.54, 1.807) is 29.7 Å². The molecule has 5 rings (SSSR count). The summed E-state index contributed by atoms with van der Waals surface area (Å²) >= 11 is 0. The van der Waals surface area contributed by atoms with Crippen LogP contribution >= 0.6 is 0 Å². The zero-order chi connectivity index (χ0) is 36.2. The van der Waals surface area contributed by atoms with Crippen molar-refractivity contribution in [1.29, 1.82) is 0 Å². The average molecular weight is 691 g/mol. The third-order valence-corrected chi connectivity index (χ3v) is 9.54. The molecule has 2 atom stereocenters. The topological polar surface area (TPSA) is 177 Å². The Kier molecular flexibility index (Phi) is 11.2. The first-order valence-electron chi connectivity index (χ1n) is 17.4. The Bertz CT molecular complexity index is 1870. The number of carboxylic acid groups (broad SMARTS) is 1. The van der Waals surface area contributed by atoms with Gasteiger partial charge < -0.3 is 34.5 Å². The maximum atomic E-state index is 13.9. The van der Waals surface area contributed by atoms with Gasteiger partial charge >= 0.3 is 17.9 Å². The van der Waals surface area contributed by atoms with Gasteiger partial charge in [0.1, 0.15) is 18.4 Å². The number of nitrogens with zero attached hydrogens (tertiary/aromatic N) is 3. The number of phenols is 1. The molecular formula is C37H46N4O9. The molecule has 0 radical (unpaired) electrons. The Hall–Kier alpha value is -4.78. The quantitative estimate of drug-likeness (QED) is 0.111. The van der Waals surface area contributed by atoms with Gasteiger partial charge in [-0.2, -0.15) is 0 Å². The standard InChI is InChI=1S/C37H46N4O9/c1-5-7-8-9-10-11-12-28(35(46)47)38-31(43)15-16-32(44)50-37(6-2)26-18-29-33-22(19-41(29)34(45)25(26)21-49-36(37)48)17-23-24(20-40(3)4)30(42)14-13-27(23)39-33/h13-14,17-18,28,42H,5-12,15-16,19-21H2,1-4H3,(H,38,43)(H,46,47)/t28?,37-/m0/s1. The number of aliphatic carboxylic acids is 1. The minimum absolute atomic E-state index is 0.0375. The van der Waals surface area contributed by atoms with E-state index in [4.69, 9.17) is 14.5 Å². The first kappa shape index (κ1) is 36.5. The van der Waals surface area contributed by atoms with Crippen molar-refractivity contribution in [2.24, 2.45) is 0 Å². The highest BCUT2D eigenvalue weighted by atomic mass is 16.6. The number of amides is 1. The second kappa shape index (κ2) is 15.4. The molecule has 268 valence electrons. The van der Waals surface area contributed by atoms with Crippen LogP contribution in [0, 0.1) is 0 Å². The van der Waals surface area contributed by atoms with Crippen molar-refractivity contribution in [3.05, 3.63) is 56.9 Å². The number of ether oxygens (including phenoxy) is 2. The number of carbonyl (C=O) groups is 4. The van der Waals surface area contributed by atoms with Crippen LogP contribution in [0.4, 0.5) is 0 Å². The minimum Gasteiger partial charge on any atom is -0.508 e. The molecule has 1 amide bonds. The molecular weight excluding hydrogens is 644 g/mol. The highest BCUT2D eigenvalue weighted by Crippen LogP contribution is 2.42. The Balaban J connectivity index is 1.35. The SMILES string of the molecule is CCCCCCCCC(NC(=O)CCC(=O)O[C@]1(CC)C(=O)OCc2c1cc1n(c2=O)Cc2cc3c(CN(C)C)c(O)ccc3nc2-1)C(=O)O. The average Bonchev–Trinajstić information content (AvgIpc) is 3.44. The maximum Gasteiger partial charge on any atom is 0.355 e. The van der Waals surface area contributed by atoms with Gasteiger partial charge in [-0.25, -0.2) is 14.6 Å². The summed E-state index contributed by atoms with van der Waals surface area (Å²) in [6, 6.07) is 5.81. The zero-order valence-electron chi connectivity index (χ0n) is 29.2. The molecule has 2 aromatic heterocycles. The number of aromatic nitrogens is 2. The van der Waals surface area contributed by atoms with E-state index < -0.39 is 47.4 Å². The van der Waals surface area contributed by atoms with Crippen LogP contribution in [-0.2, 0) is 53.9 Å². The minimum atomic E-state index is -1.93. The Morgan fingerprint density at radius 2 is 1.82 bits per heavy atom. The number of carbonyl (C=O) groups excluding carboxylic acids is 3. The van der Waals surface area contributed by atoms with Gasteiger partial charge in [0.25, 0.3) is 5.56 Å². The summed E-state index contributed by atoms with van der Waals surface area (Å²) in [4.78, 5) is 71.7. The summed E-state index contributed by atoms with van der Waals surface area (Å²) in [7, 11) is 3.80. The van der Waals surface area contributed by atoms with E-state index in [0.29, 0.717) is 35.4 Å². The number of hydrogen-bond donors (Lipinski definition) is 3. The number of fused-ring (bicyclic) bond motifs is 5. The van der Waals surface area contributed by atoms with Crippen LogP contribution in [0.25, 0.3) is 22.3 Å². The van der Waals surface area contributed by atoms with Gasteiger partial charge in [0.05, 0.1) is 35.4 Å². The molecule has 1 unspecified atom stereocenters. The van der Waals surface area contributed by atoms with Crippen molar-refractivity contribution in [3.63, 3.8) is 0 Å². The molecule has 3 aromatic rings. The first-order chi connectivity index (χ1) is 23.9. The molecule has 0 saturated carbocycles. The van der Waals surface area contributed by atoms with Gasteiger partial charge in [0.2, 0.25) is 11.5 Å². The monoisotopic (exact) mass is 690 g/mol. The number of rotatable bonds is 16. The Labute approximate surface area is 290 Å². The molecule has 13 heteroatoms. The van der Waals surface area contributed by atoms with Gasteiger partial charge in [-0.3, -0.25) is 14.4 Å². The van der Waals surface area contributed by atoms with Crippen molar-refractivity contribution < 1.29 is 38.9 Å². The lowest BCUT2D eigenvalue weighted by molar-refractivity contribution is -0.189. The molecule has 50 heavy (non-hydrogen) atoms. The van der Waals surface area contributed by atoms with E-state index in [0.717, 1.165) is 43.1 Å². The van der Waals surface area contributed by atoms with Crippen molar-refractivity contribution >= 4 is 34.7 Å². The molecule has 3 N–H and O–H groups in total. The highest BCUT2D eigenvalue weighted by molar-refractivity contribution is 5.91. The third-order valence-electron chi connectivity index (χ3n) is 9.54. The maximum absolute atomic E-state index is 13.9. The van der Waals surface area contributed by atoms with Crippen LogP contribution in [0.15, 0.2) is 29.1 Å². The number of benzene rings is 1. The van der Waals surface area contributed by atoms with Crippen LogP contribution in [0.2, 0.25) is 0 Å². The lowest BCUT2D eigenvalue weighted by atomic mass is 9.85. The highest BCUT2D eigenvalue weighted by Gasteiger charge is 2.50. The number of esters is 2. The van der Waals surface area contributed by atoms with Gasteiger partial charge in [-0.1, -0.05) is 52.4 Å². The van der Waals surface area contributed by atoms with Gasteiger partial charge in [0, 0.05) is 35.0 Å². The summed E-state index contributed by atoms with van der Waals surface area (Å²) in [5, 5.41) is 23.5. The van der Waals surface area contributed by atoms with Gasteiger partial charge in [-0.05, 0) is 51.2 Å². The molecule has 0 saturated heterocycles. The van der Waals surface area contributed by atoms with E-state index in [2.05, 4.69) is 12.2 Å².